The van der Waals surface area contributed by atoms with Crippen LogP contribution in [0.3, 0.4) is 0 Å². The maximum atomic E-state index is 9.30. The summed E-state index contributed by atoms with van der Waals surface area (Å²) >= 11 is 0. The van der Waals surface area contributed by atoms with E-state index >= 15 is 0 Å². The lowest BCUT2D eigenvalue weighted by molar-refractivity contribution is 0.281. The number of likely N-dealkylation sites (tertiary alicyclic amines) is 1. The van der Waals surface area contributed by atoms with E-state index in [1.807, 2.05) is 41.2 Å². The molecule has 1 atom stereocenters. The molecule has 3 aromatic rings. The summed E-state index contributed by atoms with van der Waals surface area (Å²) in [6.45, 7) is 3.34. The van der Waals surface area contributed by atoms with Gasteiger partial charge in [-0.1, -0.05) is 42.5 Å². The van der Waals surface area contributed by atoms with Gasteiger partial charge >= 0.3 is 0 Å². The molecule has 0 bridgehead atoms. The van der Waals surface area contributed by atoms with Gasteiger partial charge in [-0.05, 0) is 48.6 Å². The standard InChI is InChI=1S/C22H25N3O/c26-17-20-6-4-5-18(12-20)11-19-9-10-24(14-19)15-21-13-23-25(16-21)22-7-2-1-3-8-22/h1-8,12-13,16,19,26H,9-11,14-15,17H2/t19-/m1/s1. The van der Waals surface area contributed by atoms with Crippen molar-refractivity contribution in [2.24, 2.45) is 5.92 Å². The van der Waals surface area contributed by atoms with Crippen LogP contribution in [0, 0.1) is 5.92 Å². The van der Waals surface area contributed by atoms with Crippen molar-refractivity contribution in [1.82, 2.24) is 14.7 Å². The highest BCUT2D eigenvalue weighted by Crippen LogP contribution is 2.23. The van der Waals surface area contributed by atoms with Crippen molar-refractivity contribution in [2.45, 2.75) is 26.0 Å². The van der Waals surface area contributed by atoms with Crippen LogP contribution in [-0.4, -0.2) is 32.9 Å². The van der Waals surface area contributed by atoms with E-state index in [2.05, 4.69) is 40.5 Å². The molecule has 26 heavy (non-hydrogen) atoms. The first kappa shape index (κ1) is 17.0. The number of aromatic nitrogens is 2. The zero-order valence-electron chi connectivity index (χ0n) is 15.0. The zero-order chi connectivity index (χ0) is 17.8. The fourth-order valence-corrected chi connectivity index (χ4v) is 3.83. The summed E-state index contributed by atoms with van der Waals surface area (Å²) in [5.74, 6) is 0.688. The quantitative estimate of drug-likeness (QED) is 0.743. The van der Waals surface area contributed by atoms with Gasteiger partial charge in [-0.25, -0.2) is 4.68 Å². The van der Waals surface area contributed by atoms with Crippen LogP contribution in [0.1, 0.15) is 23.1 Å². The molecule has 1 fully saturated rings. The van der Waals surface area contributed by atoms with E-state index in [-0.39, 0.29) is 6.61 Å². The Kier molecular flexibility index (Phi) is 5.14. The van der Waals surface area contributed by atoms with E-state index in [1.165, 1.54) is 17.5 Å². The second-order valence-electron chi connectivity index (χ2n) is 7.20. The van der Waals surface area contributed by atoms with Crippen molar-refractivity contribution in [3.05, 3.63) is 83.7 Å². The summed E-state index contributed by atoms with van der Waals surface area (Å²) in [6, 6.07) is 18.6. The highest BCUT2D eigenvalue weighted by Gasteiger charge is 2.23. The number of aliphatic hydroxyl groups excluding tert-OH is 1. The average molecular weight is 347 g/mol. The fourth-order valence-electron chi connectivity index (χ4n) is 3.83. The third kappa shape index (κ3) is 4.03. The molecule has 4 heteroatoms. The smallest absolute Gasteiger partial charge is 0.0681 e. The largest absolute Gasteiger partial charge is 0.392 e. The highest BCUT2D eigenvalue weighted by atomic mass is 16.3. The molecule has 2 heterocycles. The van der Waals surface area contributed by atoms with Crippen molar-refractivity contribution in [3.8, 4) is 5.69 Å². The lowest BCUT2D eigenvalue weighted by Crippen LogP contribution is -2.20. The maximum Gasteiger partial charge on any atom is 0.0681 e. The molecule has 0 spiro atoms. The second-order valence-corrected chi connectivity index (χ2v) is 7.20. The monoisotopic (exact) mass is 347 g/mol. The molecule has 4 nitrogen and oxygen atoms in total. The molecular weight excluding hydrogens is 322 g/mol. The number of benzene rings is 2. The van der Waals surface area contributed by atoms with Crippen LogP contribution in [-0.2, 0) is 19.6 Å². The Morgan fingerprint density at radius 2 is 1.85 bits per heavy atom. The van der Waals surface area contributed by atoms with Crippen LogP contribution in [0.5, 0.6) is 0 Å². The van der Waals surface area contributed by atoms with Gasteiger partial charge in [-0.2, -0.15) is 5.10 Å². The minimum Gasteiger partial charge on any atom is -0.392 e. The van der Waals surface area contributed by atoms with Gasteiger partial charge < -0.3 is 5.11 Å². The third-order valence-electron chi connectivity index (χ3n) is 5.13. The van der Waals surface area contributed by atoms with Crippen LogP contribution in [0.25, 0.3) is 5.69 Å². The van der Waals surface area contributed by atoms with Crippen LogP contribution in [0.15, 0.2) is 67.0 Å². The van der Waals surface area contributed by atoms with Crippen LogP contribution in [0.2, 0.25) is 0 Å². The molecule has 1 saturated heterocycles. The van der Waals surface area contributed by atoms with Crippen LogP contribution >= 0.6 is 0 Å². The number of aliphatic hydroxyl groups is 1. The van der Waals surface area contributed by atoms with E-state index in [4.69, 9.17) is 0 Å². The number of hydrogen-bond donors (Lipinski definition) is 1. The third-order valence-corrected chi connectivity index (χ3v) is 5.13. The Hall–Kier alpha value is -2.43. The Bertz CT molecular complexity index is 843. The SMILES string of the molecule is OCc1cccc(C[C@H]2CCN(Cc3cnn(-c4ccccc4)c3)C2)c1. The molecular formula is C22H25N3O. The van der Waals surface area contributed by atoms with Gasteiger partial charge in [0.1, 0.15) is 0 Å². The average Bonchev–Trinajstić information content (AvgIpc) is 3.33. The summed E-state index contributed by atoms with van der Waals surface area (Å²) in [4.78, 5) is 2.52. The first-order valence-electron chi connectivity index (χ1n) is 9.30. The lowest BCUT2D eigenvalue weighted by Gasteiger charge is -2.15. The van der Waals surface area contributed by atoms with E-state index in [9.17, 15) is 5.11 Å². The first-order valence-corrected chi connectivity index (χ1v) is 9.30. The predicted molar refractivity (Wildman–Crippen MR) is 103 cm³/mol. The van der Waals surface area contributed by atoms with Gasteiger partial charge in [0, 0.05) is 24.8 Å². The zero-order valence-corrected chi connectivity index (χ0v) is 15.0. The molecule has 0 amide bonds. The normalized spacial score (nSPS) is 17.7. The minimum absolute atomic E-state index is 0.121. The van der Waals surface area contributed by atoms with Crippen LogP contribution < -0.4 is 0 Å². The van der Waals surface area contributed by atoms with E-state index in [0.717, 1.165) is 37.3 Å². The molecule has 2 aromatic carbocycles. The molecule has 1 aromatic heterocycles. The van der Waals surface area contributed by atoms with Crippen molar-refractivity contribution in [1.29, 1.82) is 0 Å². The molecule has 1 N–H and O–H groups in total. The Morgan fingerprint density at radius 3 is 2.69 bits per heavy atom. The Balaban J connectivity index is 1.34. The fraction of sp³-hybridized carbons (Fsp3) is 0.318. The topological polar surface area (TPSA) is 41.3 Å². The Morgan fingerprint density at radius 1 is 1.00 bits per heavy atom. The van der Waals surface area contributed by atoms with Crippen molar-refractivity contribution >= 4 is 0 Å². The van der Waals surface area contributed by atoms with Crippen molar-refractivity contribution < 1.29 is 5.11 Å². The molecule has 0 unspecified atom stereocenters. The summed E-state index contributed by atoms with van der Waals surface area (Å²) in [6.07, 6.45) is 6.43. The van der Waals surface area contributed by atoms with Gasteiger partial charge in [0.15, 0.2) is 0 Å². The van der Waals surface area contributed by atoms with Gasteiger partial charge in [-0.15, -0.1) is 0 Å². The second kappa shape index (κ2) is 7.85. The van der Waals surface area contributed by atoms with Gasteiger partial charge in [0.25, 0.3) is 0 Å². The van der Waals surface area contributed by atoms with Gasteiger partial charge in [0.2, 0.25) is 0 Å². The molecule has 1 aliphatic heterocycles. The number of para-hydroxylation sites is 1. The van der Waals surface area contributed by atoms with E-state index < -0.39 is 0 Å². The maximum absolute atomic E-state index is 9.30. The molecule has 134 valence electrons. The molecule has 0 saturated carbocycles. The van der Waals surface area contributed by atoms with Gasteiger partial charge in [-0.3, -0.25) is 4.90 Å². The van der Waals surface area contributed by atoms with Crippen LogP contribution in [0.4, 0.5) is 0 Å². The van der Waals surface area contributed by atoms with E-state index in [0.29, 0.717) is 5.92 Å². The first-order chi connectivity index (χ1) is 12.8. The number of hydrogen-bond acceptors (Lipinski definition) is 3. The molecule has 0 radical (unpaired) electrons. The van der Waals surface area contributed by atoms with E-state index in [1.54, 1.807) is 0 Å². The highest BCUT2D eigenvalue weighted by molar-refractivity contribution is 5.31. The molecule has 0 aliphatic carbocycles. The summed E-state index contributed by atoms with van der Waals surface area (Å²) in [5.41, 5.74) is 4.70. The minimum atomic E-state index is 0.121. The number of rotatable bonds is 6. The van der Waals surface area contributed by atoms with Crippen molar-refractivity contribution in [2.75, 3.05) is 13.1 Å². The molecule has 1 aliphatic rings. The molecule has 4 rings (SSSR count). The Labute approximate surface area is 154 Å². The summed E-state index contributed by atoms with van der Waals surface area (Å²) in [7, 11) is 0. The summed E-state index contributed by atoms with van der Waals surface area (Å²) in [5, 5.41) is 13.8. The van der Waals surface area contributed by atoms with Gasteiger partial charge in [0.05, 0.1) is 18.5 Å². The predicted octanol–water partition coefficient (Wildman–Crippen LogP) is 3.43. The number of nitrogens with zero attached hydrogens (tertiary/aromatic N) is 3. The lowest BCUT2D eigenvalue weighted by atomic mass is 9.97. The summed E-state index contributed by atoms with van der Waals surface area (Å²) < 4.78 is 1.95. The van der Waals surface area contributed by atoms with Crippen molar-refractivity contribution in [3.63, 3.8) is 0 Å².